The molecule has 4 aliphatic heterocycles. The van der Waals surface area contributed by atoms with Crippen LogP contribution in [-0.4, -0.2) is 108 Å². The van der Waals surface area contributed by atoms with Gasteiger partial charge in [0.25, 0.3) is 0 Å². The van der Waals surface area contributed by atoms with E-state index in [1.54, 1.807) is 62.2 Å². The molecule has 18 rings (SSSR count). The molecule has 114 heavy (non-hydrogen) atoms. The van der Waals surface area contributed by atoms with Crippen LogP contribution in [0.2, 0.25) is 0 Å². The van der Waals surface area contributed by atoms with Gasteiger partial charge in [0.05, 0.1) is 32.0 Å². The minimum absolute atomic E-state index is 0.138. The monoisotopic (exact) mass is 1790 g/mol. The van der Waals surface area contributed by atoms with Gasteiger partial charge in [0.2, 0.25) is 0 Å². The van der Waals surface area contributed by atoms with E-state index in [1.165, 1.54) is 74.0 Å². The number of aromatic nitrogens is 2. The number of nitrogens with one attached hydrogen (secondary N) is 3. The third-order valence-electron chi connectivity index (χ3n) is 23.3. The molecule has 12 aromatic rings. The number of rotatable bonds is 21. The van der Waals surface area contributed by atoms with Crippen molar-refractivity contribution in [3.05, 3.63) is 290 Å². The van der Waals surface area contributed by atoms with Gasteiger partial charge in [-0.25, -0.2) is 22.5 Å². The van der Waals surface area contributed by atoms with Crippen molar-refractivity contribution in [2.24, 2.45) is 15.0 Å². The number of H-pyrrole nitrogens is 1. The van der Waals surface area contributed by atoms with E-state index in [2.05, 4.69) is 150 Å². The summed E-state index contributed by atoms with van der Waals surface area (Å²) in [5.41, 5.74) is 13.9. The normalized spacial score (nSPS) is 17.7. The predicted octanol–water partition coefficient (Wildman–Crippen LogP) is 23.0. The fraction of sp³-hybridized carbons (Fsp3) is 0.340. The summed E-state index contributed by atoms with van der Waals surface area (Å²) in [5.74, 6) is 4.49. The number of imidazole rings is 1. The number of amidine groups is 3. The number of aryl methyl sites for hydroxylation is 6. The molecule has 0 bridgehead atoms. The number of aliphatic imine (C=N–C) groups is 3. The van der Waals surface area contributed by atoms with Gasteiger partial charge in [-0.1, -0.05) is 162 Å². The van der Waals surface area contributed by atoms with Crippen molar-refractivity contribution in [1.29, 1.82) is 0 Å². The Morgan fingerprint density at radius 2 is 1.03 bits per heavy atom. The van der Waals surface area contributed by atoms with Gasteiger partial charge >= 0.3 is 0 Å². The summed E-state index contributed by atoms with van der Waals surface area (Å²) in [7, 11) is 1.67. The quantitative estimate of drug-likeness (QED) is 0.0606. The molecule has 9 aromatic carbocycles. The topological polar surface area (TPSA) is 132 Å². The van der Waals surface area contributed by atoms with Crippen molar-refractivity contribution < 1.29 is 31.1 Å². The lowest BCUT2D eigenvalue weighted by molar-refractivity contribution is 0.313. The molecule has 4 unspecified atom stereocenters. The SMILES string of the molecule is COc1ccc(Br)cc1CCc1c(F)cccc1C1=NC2CCCCC2N1.Cc1oc2c(CCc3c(F)cccc3C3=NCCN3CCCN3CCCC3)cc(Br)cc2c1C.Fc1cccc(-c2ncc[nH]2)c1CCc1cc(Br)cc2ccoc12.Fc1cccc(C2=NC3CCCCC3N2)c1CCc1cc(Br)cc2ccccc12. The van der Waals surface area contributed by atoms with E-state index in [1.807, 2.05) is 73.7 Å². The van der Waals surface area contributed by atoms with Gasteiger partial charge < -0.3 is 39.0 Å². The lowest BCUT2D eigenvalue weighted by atomic mass is 9.92. The molecule has 0 amide bonds. The summed E-state index contributed by atoms with van der Waals surface area (Å²) in [6.45, 7) is 10.4. The first-order chi connectivity index (χ1) is 55.6. The fourth-order valence-electron chi connectivity index (χ4n) is 17.4. The average Bonchev–Trinajstić information content (AvgIpc) is 1.61. The minimum Gasteiger partial charge on any atom is -0.496 e. The van der Waals surface area contributed by atoms with Crippen molar-refractivity contribution in [3.63, 3.8) is 0 Å². The van der Waals surface area contributed by atoms with Crippen LogP contribution in [0.1, 0.15) is 143 Å². The molecule has 2 aliphatic carbocycles. The second kappa shape index (κ2) is 37.5. The Bertz CT molecular complexity index is 5500. The fourth-order valence-corrected chi connectivity index (χ4v) is 19.4. The Balaban J connectivity index is 0.000000121. The van der Waals surface area contributed by atoms with Crippen LogP contribution in [0.25, 0.3) is 44.1 Å². The highest BCUT2D eigenvalue weighted by molar-refractivity contribution is 9.11. The molecule has 0 radical (unpaired) electrons. The van der Waals surface area contributed by atoms with Crippen LogP contribution in [0.15, 0.2) is 218 Å². The van der Waals surface area contributed by atoms with Crippen LogP contribution < -0.4 is 15.4 Å². The highest BCUT2D eigenvalue weighted by Crippen LogP contribution is 2.37. The summed E-state index contributed by atoms with van der Waals surface area (Å²) in [6.07, 6.45) is 23.7. The number of fused-ring (bicyclic) bond motifs is 5. The van der Waals surface area contributed by atoms with E-state index in [0.29, 0.717) is 80.5 Å². The van der Waals surface area contributed by atoms with Gasteiger partial charge in [0.1, 0.15) is 69.3 Å². The number of methoxy groups -OCH3 is 1. The van der Waals surface area contributed by atoms with Crippen LogP contribution in [0.4, 0.5) is 17.6 Å². The first kappa shape index (κ1) is 80.5. The minimum atomic E-state index is -0.213. The molecule has 3 fully saturated rings. The van der Waals surface area contributed by atoms with Crippen molar-refractivity contribution in [2.75, 3.05) is 46.4 Å². The van der Waals surface area contributed by atoms with E-state index >= 15 is 4.39 Å². The number of hydrogen-bond donors (Lipinski definition) is 3. The van der Waals surface area contributed by atoms with E-state index in [-0.39, 0.29) is 23.3 Å². The molecule has 3 aromatic heterocycles. The Kier molecular flexibility index (Phi) is 26.5. The maximum absolute atomic E-state index is 15.1. The summed E-state index contributed by atoms with van der Waals surface area (Å²) in [5, 5.41) is 11.8. The lowest BCUT2D eigenvalue weighted by Crippen LogP contribution is -2.37. The van der Waals surface area contributed by atoms with Crippen LogP contribution in [-0.2, 0) is 51.4 Å². The standard InChI is InChI=1S/C28H33BrFN3O.C25H24BrFN2.C22H24BrFN2O.C19H14BrFN2O/c1-19-20(2)34-27-21(17-22(29)18-25(19)27)9-10-23-24(7-5-8-26(23)30)28-31-11-16-33(28)15-6-14-32-12-3-4-13-32;26-18-14-16-6-1-2-7-19(16)17(15-18)12-13-20-21(8-5-9-22(20)27)25-28-23-10-3-4-11-24(23)29-25;1-27-21-12-10-15(23)13-14(21)9-11-16-17(5-4-6-18(16)24)22-25-19-7-2-3-8-20(19)26-22;20-14-10-12(18-13(11-14)6-9-24-18)4-5-15-16(2-1-3-17(15)21)19-22-7-8-23-19/h5,7-8,17-18H,3-4,6,9-16H2,1-2H3;1-2,5-9,14-15,23-24H,3-4,10-13H2,(H,28,29);4-6,10,12-13,19-20H,2-3,7-9,11H2,1H3,(H,25,26);1-3,6-11H,4-5H2,(H,22,23). The van der Waals surface area contributed by atoms with E-state index < -0.39 is 0 Å². The third-order valence-corrected chi connectivity index (χ3v) is 25.2. The van der Waals surface area contributed by atoms with Gasteiger partial charge in [0.15, 0.2) is 0 Å². The van der Waals surface area contributed by atoms with Crippen molar-refractivity contribution in [1.82, 2.24) is 30.4 Å². The van der Waals surface area contributed by atoms with E-state index in [4.69, 9.17) is 28.5 Å². The molecular formula is C94H95Br4F4N9O3. The Morgan fingerprint density at radius 1 is 0.491 bits per heavy atom. The van der Waals surface area contributed by atoms with Crippen molar-refractivity contribution in [3.8, 4) is 17.1 Å². The number of ether oxygens (including phenoxy) is 1. The first-order valence-electron chi connectivity index (χ1n) is 40.2. The second-order valence-corrected chi connectivity index (χ2v) is 34.3. The Labute approximate surface area is 698 Å². The van der Waals surface area contributed by atoms with Gasteiger partial charge in [-0.15, -0.1) is 0 Å². The van der Waals surface area contributed by atoms with Crippen LogP contribution in [0.3, 0.4) is 0 Å². The van der Waals surface area contributed by atoms with Gasteiger partial charge in [-0.3, -0.25) is 15.0 Å². The van der Waals surface area contributed by atoms with Crippen molar-refractivity contribution in [2.45, 2.75) is 160 Å². The highest BCUT2D eigenvalue weighted by Gasteiger charge is 2.35. The number of halogens is 8. The zero-order chi connectivity index (χ0) is 78.8. The summed E-state index contributed by atoms with van der Waals surface area (Å²) >= 11 is 14.3. The molecule has 590 valence electrons. The maximum Gasteiger partial charge on any atom is 0.137 e. The number of benzene rings is 9. The Hall–Kier alpha value is -8.66. The maximum atomic E-state index is 15.1. The number of nitrogens with zero attached hydrogens (tertiary/aromatic N) is 6. The van der Waals surface area contributed by atoms with Crippen LogP contribution in [0, 0.1) is 37.1 Å². The number of aromatic amines is 1. The molecule has 2 saturated carbocycles. The number of likely N-dealkylation sites (tertiary alicyclic amines) is 1. The number of furan rings is 2. The van der Waals surface area contributed by atoms with E-state index in [0.717, 1.165) is 195 Å². The van der Waals surface area contributed by atoms with E-state index in [9.17, 15) is 13.2 Å². The second-order valence-electron chi connectivity index (χ2n) is 30.6. The molecule has 12 nitrogen and oxygen atoms in total. The zero-order valence-electron chi connectivity index (χ0n) is 64.7. The van der Waals surface area contributed by atoms with Gasteiger partial charge in [-0.05, 0) is 276 Å². The zero-order valence-corrected chi connectivity index (χ0v) is 71.0. The molecule has 4 atom stereocenters. The molecule has 6 aliphatic rings. The summed E-state index contributed by atoms with van der Waals surface area (Å²) in [4.78, 5) is 26.8. The predicted molar refractivity (Wildman–Crippen MR) is 467 cm³/mol. The molecule has 20 heteroatoms. The largest absolute Gasteiger partial charge is 0.496 e. The van der Waals surface area contributed by atoms with Gasteiger partial charge in [0, 0.05) is 88.5 Å². The third kappa shape index (κ3) is 18.9. The number of hydrogen-bond acceptors (Lipinski definition) is 11. The molecule has 3 N–H and O–H groups in total. The summed E-state index contributed by atoms with van der Waals surface area (Å²) < 4.78 is 80.4. The first-order valence-corrected chi connectivity index (χ1v) is 43.4. The molecule has 0 spiro atoms. The Morgan fingerprint density at radius 3 is 1.64 bits per heavy atom. The van der Waals surface area contributed by atoms with Gasteiger partial charge in [-0.2, -0.15) is 0 Å². The highest BCUT2D eigenvalue weighted by atomic mass is 79.9. The van der Waals surface area contributed by atoms with Crippen LogP contribution in [0.5, 0.6) is 5.75 Å². The van der Waals surface area contributed by atoms with Crippen LogP contribution >= 0.6 is 63.7 Å². The average molecular weight is 1790 g/mol. The molecule has 1 saturated heterocycles. The summed E-state index contributed by atoms with van der Waals surface area (Å²) in [6, 6.07) is 51.5. The molecule has 7 heterocycles. The molecular weight excluding hydrogens is 1700 g/mol. The van der Waals surface area contributed by atoms with Crippen molar-refractivity contribution >= 4 is 114 Å². The smallest absolute Gasteiger partial charge is 0.137 e. The lowest BCUT2D eigenvalue weighted by Gasteiger charge is -2.24.